The van der Waals surface area contributed by atoms with Gasteiger partial charge in [-0.3, -0.25) is 0 Å². The van der Waals surface area contributed by atoms with Crippen LogP contribution in [0.5, 0.6) is 0 Å². The summed E-state index contributed by atoms with van der Waals surface area (Å²) in [5.74, 6) is 3.31. The van der Waals surface area contributed by atoms with E-state index in [1.54, 1.807) is 13.0 Å². The number of benzene rings is 1. The summed E-state index contributed by atoms with van der Waals surface area (Å²) in [5.41, 5.74) is 0.431. The lowest BCUT2D eigenvalue weighted by Crippen LogP contribution is -2.05. The molecule has 0 bridgehead atoms. The number of fused-ring (bicyclic) bond motifs is 1. The van der Waals surface area contributed by atoms with E-state index in [2.05, 4.69) is 26.3 Å². The van der Waals surface area contributed by atoms with Gasteiger partial charge in [-0.2, -0.15) is 22.7 Å². The molecule has 3 aromatic rings. The van der Waals surface area contributed by atoms with E-state index in [9.17, 15) is 13.2 Å². The van der Waals surface area contributed by atoms with Crippen LogP contribution in [0.4, 0.5) is 24.7 Å². The first-order valence-electron chi connectivity index (χ1n) is 6.52. The van der Waals surface area contributed by atoms with Crippen LogP contribution in [0.3, 0.4) is 0 Å². The summed E-state index contributed by atoms with van der Waals surface area (Å²) in [4.78, 5) is 8.25. The van der Waals surface area contributed by atoms with E-state index in [4.69, 9.17) is 6.42 Å². The highest BCUT2D eigenvalue weighted by molar-refractivity contribution is 5.59. The Hall–Kier alpha value is -3.08. The maximum atomic E-state index is 12.6. The molecule has 8 heteroatoms. The third kappa shape index (κ3) is 2.94. The van der Waals surface area contributed by atoms with E-state index in [0.29, 0.717) is 23.0 Å². The lowest BCUT2D eigenvalue weighted by molar-refractivity contribution is -0.137. The largest absolute Gasteiger partial charge is 0.416 e. The molecule has 0 atom stereocenters. The van der Waals surface area contributed by atoms with Crippen LogP contribution in [0.2, 0.25) is 0 Å². The maximum absolute atomic E-state index is 12.6. The monoisotopic (exact) mass is 317 g/mol. The topological polar surface area (TPSA) is 55.1 Å². The van der Waals surface area contributed by atoms with Gasteiger partial charge in [0, 0.05) is 17.4 Å². The normalized spacial score (nSPS) is 11.4. The Bertz CT molecular complexity index is 904. The van der Waals surface area contributed by atoms with Crippen LogP contribution in [0, 0.1) is 19.3 Å². The highest BCUT2D eigenvalue weighted by atomic mass is 19.4. The minimum Gasteiger partial charge on any atom is -0.340 e. The van der Waals surface area contributed by atoms with Crippen molar-refractivity contribution in [3.63, 3.8) is 0 Å². The number of nitrogens with one attached hydrogen (secondary N) is 1. The average Bonchev–Trinajstić information content (AvgIpc) is 2.90. The Balaban J connectivity index is 1.98. The third-order valence-electron chi connectivity index (χ3n) is 3.05. The smallest absolute Gasteiger partial charge is 0.340 e. The summed E-state index contributed by atoms with van der Waals surface area (Å²) in [5, 5.41) is 7.08. The van der Waals surface area contributed by atoms with Gasteiger partial charge in [0.1, 0.15) is 5.82 Å². The van der Waals surface area contributed by atoms with Gasteiger partial charge in [0.25, 0.3) is 5.78 Å². The summed E-state index contributed by atoms with van der Waals surface area (Å²) in [6.07, 6.45) is 0.900. The minimum absolute atomic E-state index is 0.179. The molecular weight excluding hydrogens is 307 g/mol. The minimum atomic E-state index is -4.37. The highest BCUT2D eigenvalue weighted by Crippen LogP contribution is 2.30. The molecule has 2 heterocycles. The molecule has 1 N–H and O–H groups in total. The van der Waals surface area contributed by atoms with Crippen molar-refractivity contribution < 1.29 is 13.2 Å². The number of hydrogen-bond donors (Lipinski definition) is 1. The zero-order valence-electron chi connectivity index (χ0n) is 11.9. The number of halogens is 3. The standard InChI is InChI=1S/C15H10F3N5/c1-3-12-21-14-19-9(2)8-13(23(14)22-12)20-11-6-4-10(5-7-11)15(16,17)18/h1,4-8,20H,2H3. The van der Waals surface area contributed by atoms with E-state index in [1.165, 1.54) is 16.6 Å². The molecular formula is C15H10F3N5. The van der Waals surface area contributed by atoms with Crippen molar-refractivity contribution in [3.8, 4) is 12.3 Å². The molecule has 0 aliphatic carbocycles. The van der Waals surface area contributed by atoms with Crippen molar-refractivity contribution in [1.82, 2.24) is 19.6 Å². The van der Waals surface area contributed by atoms with Gasteiger partial charge in [-0.15, -0.1) is 11.5 Å². The summed E-state index contributed by atoms with van der Waals surface area (Å²) in [7, 11) is 0. The molecule has 116 valence electrons. The summed E-state index contributed by atoms with van der Waals surface area (Å²) in [6, 6.07) is 6.37. The molecule has 0 saturated carbocycles. The van der Waals surface area contributed by atoms with Gasteiger partial charge in [0.05, 0.1) is 5.56 Å². The molecule has 0 aliphatic rings. The maximum Gasteiger partial charge on any atom is 0.416 e. The number of nitrogens with zero attached hydrogens (tertiary/aromatic N) is 4. The second kappa shape index (κ2) is 5.28. The van der Waals surface area contributed by atoms with Crippen molar-refractivity contribution in [1.29, 1.82) is 0 Å². The fourth-order valence-electron chi connectivity index (χ4n) is 2.03. The van der Waals surface area contributed by atoms with E-state index in [1.807, 2.05) is 0 Å². The molecule has 0 spiro atoms. The van der Waals surface area contributed by atoms with Crippen LogP contribution in [-0.4, -0.2) is 19.6 Å². The molecule has 0 radical (unpaired) electrons. The van der Waals surface area contributed by atoms with Crippen molar-refractivity contribution in [3.05, 3.63) is 47.4 Å². The fourth-order valence-corrected chi connectivity index (χ4v) is 2.03. The van der Waals surface area contributed by atoms with Crippen LogP contribution in [0.15, 0.2) is 30.3 Å². The summed E-state index contributed by atoms with van der Waals surface area (Å²) >= 11 is 0. The predicted octanol–water partition coefficient (Wildman–Crippen LogP) is 3.18. The molecule has 1 aromatic carbocycles. The molecule has 2 aromatic heterocycles. The highest BCUT2D eigenvalue weighted by Gasteiger charge is 2.29. The molecule has 0 unspecified atom stereocenters. The molecule has 0 saturated heterocycles. The lowest BCUT2D eigenvalue weighted by atomic mass is 10.2. The van der Waals surface area contributed by atoms with Crippen LogP contribution in [-0.2, 0) is 6.18 Å². The van der Waals surface area contributed by atoms with Crippen molar-refractivity contribution in [2.45, 2.75) is 13.1 Å². The van der Waals surface area contributed by atoms with Crippen molar-refractivity contribution >= 4 is 17.3 Å². The van der Waals surface area contributed by atoms with Crippen LogP contribution >= 0.6 is 0 Å². The fraction of sp³-hybridized carbons (Fsp3) is 0.133. The van der Waals surface area contributed by atoms with E-state index in [0.717, 1.165) is 12.1 Å². The van der Waals surface area contributed by atoms with Crippen molar-refractivity contribution in [2.24, 2.45) is 0 Å². The molecule has 0 aliphatic heterocycles. The molecule has 0 fully saturated rings. The predicted molar refractivity (Wildman–Crippen MR) is 78.2 cm³/mol. The van der Waals surface area contributed by atoms with Gasteiger partial charge >= 0.3 is 6.18 Å². The number of rotatable bonds is 2. The summed E-state index contributed by atoms with van der Waals surface area (Å²) in [6.45, 7) is 1.77. The lowest BCUT2D eigenvalue weighted by Gasteiger charge is -2.10. The Morgan fingerprint density at radius 2 is 1.87 bits per heavy atom. The average molecular weight is 317 g/mol. The first-order valence-corrected chi connectivity index (χ1v) is 6.52. The molecule has 0 amide bonds. The Kier molecular flexibility index (Phi) is 3.41. The Morgan fingerprint density at radius 1 is 1.17 bits per heavy atom. The van der Waals surface area contributed by atoms with E-state index < -0.39 is 11.7 Å². The first-order chi connectivity index (χ1) is 10.9. The zero-order valence-corrected chi connectivity index (χ0v) is 11.9. The number of alkyl halides is 3. The van der Waals surface area contributed by atoms with Gasteiger partial charge in [0.15, 0.2) is 0 Å². The van der Waals surface area contributed by atoms with Gasteiger partial charge in [-0.1, -0.05) is 0 Å². The van der Waals surface area contributed by atoms with Crippen molar-refractivity contribution in [2.75, 3.05) is 5.32 Å². The number of hydrogen-bond acceptors (Lipinski definition) is 4. The van der Waals surface area contributed by atoms with Crippen LogP contribution in [0.25, 0.3) is 5.78 Å². The number of aryl methyl sites for hydroxylation is 1. The van der Waals surface area contributed by atoms with Crippen LogP contribution in [0.1, 0.15) is 17.1 Å². The SMILES string of the molecule is C#Cc1nc2nc(C)cc(Nc3ccc(C(F)(F)F)cc3)n2n1. The molecule has 5 nitrogen and oxygen atoms in total. The van der Waals surface area contributed by atoms with E-state index >= 15 is 0 Å². The molecule has 23 heavy (non-hydrogen) atoms. The van der Waals surface area contributed by atoms with Crippen LogP contribution < -0.4 is 5.32 Å². The van der Waals surface area contributed by atoms with E-state index in [-0.39, 0.29) is 5.82 Å². The van der Waals surface area contributed by atoms with Gasteiger partial charge in [-0.25, -0.2) is 4.98 Å². The number of terminal acetylenes is 1. The first kappa shape index (κ1) is 14.8. The number of anilines is 2. The van der Waals surface area contributed by atoms with Gasteiger partial charge < -0.3 is 5.32 Å². The second-order valence-electron chi connectivity index (χ2n) is 4.77. The summed E-state index contributed by atoms with van der Waals surface area (Å²) < 4.78 is 39.1. The second-order valence-corrected chi connectivity index (χ2v) is 4.77. The number of aromatic nitrogens is 4. The third-order valence-corrected chi connectivity index (χ3v) is 3.05. The van der Waals surface area contributed by atoms with Gasteiger partial charge in [-0.05, 0) is 37.1 Å². The van der Waals surface area contributed by atoms with Gasteiger partial charge in [0.2, 0.25) is 5.82 Å². The Labute approximate surface area is 129 Å². The Morgan fingerprint density at radius 3 is 2.48 bits per heavy atom. The molecule has 3 rings (SSSR count). The quantitative estimate of drug-likeness (QED) is 0.738. The zero-order chi connectivity index (χ0) is 16.6.